The second kappa shape index (κ2) is 5.30. The Hall–Kier alpha value is -2.09. The zero-order chi connectivity index (χ0) is 12.1. The second-order valence-electron chi connectivity index (χ2n) is 3.97. The molecule has 1 atom stereocenters. The Kier molecular flexibility index (Phi) is 3.55. The van der Waals surface area contributed by atoms with Crippen LogP contribution in [0.15, 0.2) is 60.7 Å². The van der Waals surface area contributed by atoms with Crippen LogP contribution in [0.1, 0.15) is 28.9 Å². The molecule has 2 rings (SSSR count). The van der Waals surface area contributed by atoms with Crippen molar-refractivity contribution >= 4 is 5.91 Å². The van der Waals surface area contributed by atoms with Crippen LogP contribution in [0.5, 0.6) is 0 Å². The number of rotatable bonds is 3. The largest absolute Gasteiger partial charge is 0.346 e. The van der Waals surface area contributed by atoms with E-state index in [1.54, 1.807) is 0 Å². The normalized spacial score (nSPS) is 11.8. The third-order valence-corrected chi connectivity index (χ3v) is 2.68. The van der Waals surface area contributed by atoms with Crippen molar-refractivity contribution in [1.29, 1.82) is 0 Å². The predicted octanol–water partition coefficient (Wildman–Crippen LogP) is 3.18. The minimum atomic E-state index is -0.0399. The van der Waals surface area contributed by atoms with E-state index in [1.165, 1.54) is 0 Å². The van der Waals surface area contributed by atoms with Gasteiger partial charge in [0.15, 0.2) is 0 Å². The summed E-state index contributed by atoms with van der Waals surface area (Å²) in [5.41, 5.74) is 1.80. The molecule has 2 heteroatoms. The number of hydrogen-bond acceptors (Lipinski definition) is 1. The van der Waals surface area contributed by atoms with Gasteiger partial charge < -0.3 is 5.32 Å². The van der Waals surface area contributed by atoms with Gasteiger partial charge in [0.25, 0.3) is 5.91 Å². The number of carbonyl (C=O) groups is 1. The second-order valence-corrected chi connectivity index (χ2v) is 3.97. The van der Waals surface area contributed by atoms with Crippen molar-refractivity contribution in [1.82, 2.24) is 5.32 Å². The van der Waals surface area contributed by atoms with Crippen LogP contribution in [0.3, 0.4) is 0 Å². The van der Waals surface area contributed by atoms with Gasteiger partial charge in [0.1, 0.15) is 0 Å². The summed E-state index contributed by atoms with van der Waals surface area (Å²) in [6.07, 6.45) is 0. The molecule has 2 nitrogen and oxygen atoms in total. The molecule has 0 aliphatic heterocycles. The molecule has 2 aromatic carbocycles. The summed E-state index contributed by atoms with van der Waals surface area (Å²) in [7, 11) is 0. The summed E-state index contributed by atoms with van der Waals surface area (Å²) in [5, 5.41) is 2.97. The molecule has 0 radical (unpaired) electrons. The minimum Gasteiger partial charge on any atom is -0.346 e. The Balaban J connectivity index is 2.05. The van der Waals surface area contributed by atoms with Crippen LogP contribution < -0.4 is 5.32 Å². The Morgan fingerprint density at radius 1 is 0.941 bits per heavy atom. The molecule has 0 saturated heterocycles. The molecule has 1 N–H and O–H groups in total. The van der Waals surface area contributed by atoms with Gasteiger partial charge in [-0.3, -0.25) is 4.79 Å². The molecule has 0 aliphatic rings. The summed E-state index contributed by atoms with van der Waals surface area (Å²) in [5.74, 6) is -0.0399. The van der Waals surface area contributed by atoms with E-state index < -0.39 is 0 Å². The van der Waals surface area contributed by atoms with E-state index in [4.69, 9.17) is 0 Å². The fourth-order valence-electron chi connectivity index (χ4n) is 1.69. The monoisotopic (exact) mass is 225 g/mol. The lowest BCUT2D eigenvalue weighted by atomic mass is 10.1. The number of amides is 1. The zero-order valence-electron chi connectivity index (χ0n) is 9.76. The standard InChI is InChI=1S/C15H15NO/c1-12(13-8-4-2-5-9-13)16-15(17)14-10-6-3-7-11-14/h2-12H,1H3,(H,16,17)/t12-/m1/s1. The molecule has 0 unspecified atom stereocenters. The fourth-order valence-corrected chi connectivity index (χ4v) is 1.69. The summed E-state index contributed by atoms with van der Waals surface area (Å²) in [6, 6.07) is 19.2. The van der Waals surface area contributed by atoms with Crippen molar-refractivity contribution in [3.8, 4) is 0 Å². The van der Waals surface area contributed by atoms with Gasteiger partial charge in [-0.25, -0.2) is 0 Å². The Morgan fingerprint density at radius 3 is 2.06 bits per heavy atom. The van der Waals surface area contributed by atoms with E-state index in [-0.39, 0.29) is 11.9 Å². The van der Waals surface area contributed by atoms with Gasteiger partial charge in [-0.15, -0.1) is 0 Å². The van der Waals surface area contributed by atoms with Gasteiger partial charge in [0.05, 0.1) is 6.04 Å². The molecule has 0 fully saturated rings. The number of hydrogen-bond donors (Lipinski definition) is 1. The highest BCUT2D eigenvalue weighted by atomic mass is 16.1. The van der Waals surface area contributed by atoms with E-state index in [1.807, 2.05) is 67.6 Å². The summed E-state index contributed by atoms with van der Waals surface area (Å²) < 4.78 is 0. The molecular weight excluding hydrogens is 210 g/mol. The lowest BCUT2D eigenvalue weighted by molar-refractivity contribution is 0.0940. The summed E-state index contributed by atoms with van der Waals surface area (Å²) in [6.45, 7) is 1.98. The first-order valence-electron chi connectivity index (χ1n) is 5.68. The zero-order valence-corrected chi connectivity index (χ0v) is 9.76. The third-order valence-electron chi connectivity index (χ3n) is 2.68. The average molecular weight is 225 g/mol. The molecule has 0 spiro atoms. The molecule has 0 aliphatic carbocycles. The lowest BCUT2D eigenvalue weighted by Gasteiger charge is -2.14. The van der Waals surface area contributed by atoms with Crippen LogP contribution >= 0.6 is 0 Å². The molecule has 2 aromatic rings. The summed E-state index contributed by atoms with van der Waals surface area (Å²) >= 11 is 0. The topological polar surface area (TPSA) is 29.1 Å². The molecule has 0 bridgehead atoms. The molecule has 0 heterocycles. The van der Waals surface area contributed by atoms with Gasteiger partial charge in [-0.2, -0.15) is 0 Å². The van der Waals surface area contributed by atoms with Crippen molar-refractivity contribution in [3.05, 3.63) is 71.8 Å². The van der Waals surface area contributed by atoms with Crippen LogP contribution in [-0.4, -0.2) is 5.91 Å². The molecule has 0 aromatic heterocycles. The van der Waals surface area contributed by atoms with Crippen molar-refractivity contribution < 1.29 is 4.79 Å². The van der Waals surface area contributed by atoms with E-state index in [0.29, 0.717) is 5.56 Å². The highest BCUT2D eigenvalue weighted by Gasteiger charge is 2.10. The van der Waals surface area contributed by atoms with Crippen LogP contribution in [0.25, 0.3) is 0 Å². The molecule has 17 heavy (non-hydrogen) atoms. The number of nitrogens with one attached hydrogen (secondary N) is 1. The maximum absolute atomic E-state index is 11.9. The van der Waals surface area contributed by atoms with E-state index in [9.17, 15) is 4.79 Å². The first-order chi connectivity index (χ1) is 8.27. The predicted molar refractivity (Wildman–Crippen MR) is 68.8 cm³/mol. The van der Waals surface area contributed by atoms with E-state index >= 15 is 0 Å². The van der Waals surface area contributed by atoms with Gasteiger partial charge in [-0.05, 0) is 24.6 Å². The van der Waals surface area contributed by atoms with Crippen LogP contribution in [0.4, 0.5) is 0 Å². The first-order valence-corrected chi connectivity index (χ1v) is 5.68. The molecule has 86 valence electrons. The number of benzene rings is 2. The fraction of sp³-hybridized carbons (Fsp3) is 0.133. The van der Waals surface area contributed by atoms with Crippen molar-refractivity contribution in [2.75, 3.05) is 0 Å². The van der Waals surface area contributed by atoms with Gasteiger partial charge in [-0.1, -0.05) is 48.5 Å². The minimum absolute atomic E-state index is 0.0175. The van der Waals surface area contributed by atoms with Crippen LogP contribution in [-0.2, 0) is 0 Å². The SMILES string of the molecule is C[C@@H](NC(=O)c1ccccc1)c1ccccc1. The Bertz CT molecular complexity index is 479. The van der Waals surface area contributed by atoms with E-state index in [0.717, 1.165) is 5.56 Å². The quantitative estimate of drug-likeness (QED) is 0.854. The van der Waals surface area contributed by atoms with Crippen LogP contribution in [0.2, 0.25) is 0 Å². The lowest BCUT2D eigenvalue weighted by Crippen LogP contribution is -2.26. The molecule has 0 saturated carbocycles. The maximum Gasteiger partial charge on any atom is 0.251 e. The highest BCUT2D eigenvalue weighted by Crippen LogP contribution is 2.12. The van der Waals surface area contributed by atoms with Crippen molar-refractivity contribution in [2.45, 2.75) is 13.0 Å². The van der Waals surface area contributed by atoms with Crippen molar-refractivity contribution in [2.24, 2.45) is 0 Å². The maximum atomic E-state index is 11.9. The number of carbonyl (C=O) groups excluding carboxylic acids is 1. The average Bonchev–Trinajstić information content (AvgIpc) is 2.40. The van der Waals surface area contributed by atoms with Gasteiger partial charge in [0.2, 0.25) is 0 Å². The highest BCUT2D eigenvalue weighted by molar-refractivity contribution is 5.94. The van der Waals surface area contributed by atoms with E-state index in [2.05, 4.69) is 5.32 Å². The third kappa shape index (κ3) is 2.94. The Morgan fingerprint density at radius 2 is 1.47 bits per heavy atom. The van der Waals surface area contributed by atoms with Gasteiger partial charge in [0, 0.05) is 5.56 Å². The smallest absolute Gasteiger partial charge is 0.251 e. The van der Waals surface area contributed by atoms with Crippen LogP contribution in [0, 0.1) is 0 Å². The molecule has 1 amide bonds. The van der Waals surface area contributed by atoms with Gasteiger partial charge >= 0.3 is 0 Å². The Labute approximate surface area is 101 Å². The summed E-state index contributed by atoms with van der Waals surface area (Å²) in [4.78, 5) is 11.9. The van der Waals surface area contributed by atoms with Crippen molar-refractivity contribution in [3.63, 3.8) is 0 Å². The first kappa shape index (κ1) is 11.4. The molecular formula is C15H15NO.